The first-order chi connectivity index (χ1) is 14.4. The lowest BCUT2D eigenvalue weighted by Gasteiger charge is -2.19. The molecule has 0 aliphatic carbocycles. The molecule has 3 aromatic rings. The molecule has 0 unspecified atom stereocenters. The number of anilines is 1. The minimum atomic E-state index is -1.01. The number of hydrogen-bond donors (Lipinski definition) is 2. The fourth-order valence-corrected chi connectivity index (χ4v) is 3.52. The Morgan fingerprint density at radius 3 is 2.27 bits per heavy atom. The van der Waals surface area contributed by atoms with Gasteiger partial charge in [-0.25, -0.2) is 9.79 Å². The van der Waals surface area contributed by atoms with E-state index >= 15 is 0 Å². The van der Waals surface area contributed by atoms with Crippen molar-refractivity contribution >= 4 is 45.4 Å². The molecule has 3 aromatic carbocycles. The number of rotatable bonds is 4. The summed E-state index contributed by atoms with van der Waals surface area (Å²) in [5, 5.41) is 18.7. The second-order valence-corrected chi connectivity index (χ2v) is 7.38. The van der Waals surface area contributed by atoms with Gasteiger partial charge in [-0.1, -0.05) is 46.3 Å². The zero-order valence-corrected chi connectivity index (χ0v) is 17.1. The first-order valence-corrected chi connectivity index (χ1v) is 9.75. The van der Waals surface area contributed by atoms with Crippen molar-refractivity contribution < 1.29 is 19.8 Å². The molecule has 0 saturated heterocycles. The van der Waals surface area contributed by atoms with Crippen molar-refractivity contribution in [1.29, 1.82) is 0 Å². The van der Waals surface area contributed by atoms with Crippen molar-refractivity contribution in [2.24, 2.45) is 4.99 Å². The number of aromatic carboxylic acids is 1. The minimum absolute atomic E-state index is 0.0964. The molecule has 0 spiro atoms. The van der Waals surface area contributed by atoms with Crippen LogP contribution in [0.3, 0.4) is 0 Å². The number of aliphatic imine (C=N–C) groups is 1. The molecular formula is C23H15BrN2O4. The van der Waals surface area contributed by atoms with E-state index in [-0.39, 0.29) is 22.9 Å². The van der Waals surface area contributed by atoms with E-state index < -0.39 is 5.97 Å². The van der Waals surface area contributed by atoms with Crippen molar-refractivity contribution in [2.45, 2.75) is 0 Å². The van der Waals surface area contributed by atoms with Crippen LogP contribution >= 0.6 is 15.9 Å². The van der Waals surface area contributed by atoms with Crippen LogP contribution in [0.15, 0.2) is 88.0 Å². The molecule has 0 fully saturated rings. The van der Waals surface area contributed by atoms with Gasteiger partial charge in [-0.05, 0) is 54.1 Å². The maximum absolute atomic E-state index is 13.2. The number of aromatic hydroxyl groups is 1. The highest BCUT2D eigenvalue weighted by atomic mass is 79.9. The van der Waals surface area contributed by atoms with E-state index in [1.54, 1.807) is 30.3 Å². The summed E-state index contributed by atoms with van der Waals surface area (Å²) in [5.41, 5.74) is 2.35. The Balaban J connectivity index is 1.80. The van der Waals surface area contributed by atoms with E-state index in [0.717, 1.165) is 10.0 Å². The number of phenols is 1. The Bertz CT molecular complexity index is 1200. The molecule has 1 amide bonds. The van der Waals surface area contributed by atoms with Crippen molar-refractivity contribution in [1.82, 2.24) is 0 Å². The lowest BCUT2D eigenvalue weighted by atomic mass is 10.1. The average Bonchev–Trinajstić information content (AvgIpc) is 3.05. The highest BCUT2D eigenvalue weighted by Crippen LogP contribution is 2.31. The topological polar surface area (TPSA) is 90.2 Å². The lowest BCUT2D eigenvalue weighted by molar-refractivity contribution is -0.113. The summed E-state index contributed by atoms with van der Waals surface area (Å²) in [5.74, 6) is -0.793. The van der Waals surface area contributed by atoms with E-state index in [1.165, 1.54) is 29.2 Å². The van der Waals surface area contributed by atoms with Crippen LogP contribution in [0.1, 0.15) is 21.5 Å². The van der Waals surface area contributed by atoms with Crippen molar-refractivity contribution in [3.63, 3.8) is 0 Å². The Morgan fingerprint density at radius 2 is 1.63 bits per heavy atom. The number of benzene rings is 3. The van der Waals surface area contributed by atoms with Crippen LogP contribution in [0, 0.1) is 0 Å². The van der Waals surface area contributed by atoms with Crippen LogP contribution in [-0.4, -0.2) is 27.9 Å². The molecule has 0 aromatic heterocycles. The minimum Gasteiger partial charge on any atom is -0.508 e. The number of carboxylic acid groups (broad SMARTS) is 1. The molecule has 0 atom stereocenters. The van der Waals surface area contributed by atoms with E-state index in [4.69, 9.17) is 5.11 Å². The summed E-state index contributed by atoms with van der Waals surface area (Å²) >= 11 is 3.51. The van der Waals surface area contributed by atoms with Gasteiger partial charge in [0.2, 0.25) is 0 Å². The highest BCUT2D eigenvalue weighted by Gasteiger charge is 2.33. The zero-order chi connectivity index (χ0) is 21.3. The standard InChI is InChI=1S/C23H15BrN2O4/c24-19-4-2-1-3-18(19)21-25-20(13-14-5-7-15(8-6-14)23(29)30)22(28)26(21)16-9-11-17(27)12-10-16/h1-13,27H,(H,29,30)/b20-13+. The van der Waals surface area contributed by atoms with Crippen LogP contribution < -0.4 is 4.90 Å². The first-order valence-electron chi connectivity index (χ1n) is 8.96. The SMILES string of the molecule is O=C(O)c1ccc(/C=C2/N=C(c3ccccc3Br)N(c3ccc(O)cc3)C2=O)cc1. The van der Waals surface area contributed by atoms with E-state index in [9.17, 15) is 14.7 Å². The summed E-state index contributed by atoms with van der Waals surface area (Å²) in [6, 6.07) is 20.0. The Kier molecular flexibility index (Phi) is 5.20. The number of phenolic OH excluding ortho intramolecular Hbond substituents is 1. The van der Waals surface area contributed by atoms with Crippen LogP contribution in [0.5, 0.6) is 5.75 Å². The summed E-state index contributed by atoms with van der Waals surface area (Å²) in [4.78, 5) is 30.3. The highest BCUT2D eigenvalue weighted by molar-refractivity contribution is 9.10. The quantitative estimate of drug-likeness (QED) is 0.550. The van der Waals surface area contributed by atoms with Gasteiger partial charge in [0.25, 0.3) is 5.91 Å². The van der Waals surface area contributed by atoms with Gasteiger partial charge < -0.3 is 10.2 Å². The molecule has 148 valence electrons. The number of amidine groups is 1. The van der Waals surface area contributed by atoms with Gasteiger partial charge in [0, 0.05) is 10.0 Å². The molecule has 6 nitrogen and oxygen atoms in total. The van der Waals surface area contributed by atoms with Crippen LogP contribution in [0.2, 0.25) is 0 Å². The fraction of sp³-hybridized carbons (Fsp3) is 0. The van der Waals surface area contributed by atoms with Crippen LogP contribution in [0.25, 0.3) is 6.08 Å². The predicted octanol–water partition coefficient (Wildman–Crippen LogP) is 4.69. The number of nitrogens with zero attached hydrogens (tertiary/aromatic N) is 2. The second kappa shape index (κ2) is 7.96. The maximum atomic E-state index is 13.2. The number of carbonyl (C=O) groups excluding carboxylic acids is 1. The van der Waals surface area contributed by atoms with E-state index in [1.807, 2.05) is 24.3 Å². The summed E-state index contributed by atoms with van der Waals surface area (Å²) < 4.78 is 0.785. The van der Waals surface area contributed by atoms with E-state index in [0.29, 0.717) is 17.1 Å². The lowest BCUT2D eigenvalue weighted by Crippen LogP contribution is -2.32. The Hall–Kier alpha value is -3.71. The monoisotopic (exact) mass is 462 g/mol. The molecule has 0 radical (unpaired) electrons. The molecule has 1 heterocycles. The first kappa shape index (κ1) is 19.6. The third-order valence-corrected chi connectivity index (χ3v) is 5.24. The molecule has 30 heavy (non-hydrogen) atoms. The molecule has 2 N–H and O–H groups in total. The molecule has 0 saturated carbocycles. The van der Waals surface area contributed by atoms with Gasteiger partial charge in [0.1, 0.15) is 17.3 Å². The van der Waals surface area contributed by atoms with Crippen molar-refractivity contribution in [2.75, 3.05) is 4.90 Å². The van der Waals surface area contributed by atoms with Crippen molar-refractivity contribution in [3.8, 4) is 5.75 Å². The van der Waals surface area contributed by atoms with Gasteiger partial charge in [-0.15, -0.1) is 0 Å². The number of carboxylic acids is 1. The normalized spacial score (nSPS) is 14.8. The van der Waals surface area contributed by atoms with Gasteiger partial charge in [0.05, 0.1) is 11.3 Å². The summed E-state index contributed by atoms with van der Waals surface area (Å²) in [6.45, 7) is 0. The van der Waals surface area contributed by atoms with Gasteiger partial charge >= 0.3 is 5.97 Å². The maximum Gasteiger partial charge on any atom is 0.335 e. The Labute approximate surface area is 180 Å². The van der Waals surface area contributed by atoms with Crippen molar-refractivity contribution in [3.05, 3.63) is 99.7 Å². The van der Waals surface area contributed by atoms with Gasteiger partial charge in [0.15, 0.2) is 0 Å². The van der Waals surface area contributed by atoms with E-state index in [2.05, 4.69) is 20.9 Å². The second-order valence-electron chi connectivity index (χ2n) is 6.53. The zero-order valence-electron chi connectivity index (χ0n) is 15.5. The third kappa shape index (κ3) is 3.75. The largest absolute Gasteiger partial charge is 0.508 e. The molecule has 4 rings (SSSR count). The fourth-order valence-electron chi connectivity index (χ4n) is 3.06. The average molecular weight is 463 g/mol. The number of halogens is 1. The number of amides is 1. The molecule has 7 heteroatoms. The predicted molar refractivity (Wildman–Crippen MR) is 118 cm³/mol. The molecule has 1 aliphatic rings. The van der Waals surface area contributed by atoms with Gasteiger partial charge in [-0.2, -0.15) is 0 Å². The van der Waals surface area contributed by atoms with Crippen LogP contribution in [0.4, 0.5) is 5.69 Å². The molecule has 1 aliphatic heterocycles. The summed E-state index contributed by atoms with van der Waals surface area (Å²) in [7, 11) is 0. The Morgan fingerprint density at radius 1 is 0.967 bits per heavy atom. The smallest absolute Gasteiger partial charge is 0.335 e. The molecule has 0 bridgehead atoms. The summed E-state index contributed by atoms with van der Waals surface area (Å²) in [6.07, 6.45) is 1.62. The molecular weight excluding hydrogens is 448 g/mol. The van der Waals surface area contributed by atoms with Gasteiger partial charge in [-0.3, -0.25) is 9.69 Å². The third-order valence-electron chi connectivity index (χ3n) is 4.54. The number of carbonyl (C=O) groups is 2. The number of hydrogen-bond acceptors (Lipinski definition) is 4. The van der Waals surface area contributed by atoms with Crippen LogP contribution in [-0.2, 0) is 4.79 Å².